The first-order valence-electron chi connectivity index (χ1n) is 11.3. The van der Waals surface area contributed by atoms with Crippen LogP contribution in [0, 0.1) is 11.6 Å². The van der Waals surface area contributed by atoms with Crippen LogP contribution < -0.4 is 15.5 Å². The second-order valence-electron chi connectivity index (χ2n) is 8.41. The molecule has 1 aliphatic heterocycles. The van der Waals surface area contributed by atoms with Crippen LogP contribution in [0.5, 0.6) is 0 Å². The Morgan fingerprint density at radius 2 is 1.64 bits per heavy atom. The summed E-state index contributed by atoms with van der Waals surface area (Å²) >= 11 is 0. The normalized spacial score (nSPS) is 15.9. The Hall–Kier alpha value is -4.40. The highest BCUT2D eigenvalue weighted by molar-refractivity contribution is 6.20. The van der Waals surface area contributed by atoms with Crippen LogP contribution in [0.1, 0.15) is 23.6 Å². The quantitative estimate of drug-likeness (QED) is 0.557. The molecule has 9 heteroatoms. The molecule has 0 spiro atoms. The molecule has 0 saturated carbocycles. The number of halogens is 2. The Labute approximate surface area is 206 Å². The van der Waals surface area contributed by atoms with E-state index in [0.29, 0.717) is 17.5 Å². The first kappa shape index (κ1) is 24.7. The Morgan fingerprint density at radius 3 is 2.33 bits per heavy atom. The van der Waals surface area contributed by atoms with Gasteiger partial charge in [0.25, 0.3) is 5.91 Å². The summed E-state index contributed by atoms with van der Waals surface area (Å²) in [5.41, 5.74) is 2.83. The van der Waals surface area contributed by atoms with Gasteiger partial charge in [-0.25, -0.2) is 13.8 Å². The van der Waals surface area contributed by atoms with Crippen LogP contribution in [0.4, 0.5) is 14.5 Å². The SMILES string of the molecule is C[C@H](NC(=O)Cc1cc(F)cc(F)c1)C(=O)N[C@@H]1N=C(c2ccccc2)c2ccccc2N(C)C1=O. The number of fused-ring (bicyclic) bond motifs is 1. The molecule has 36 heavy (non-hydrogen) atoms. The lowest BCUT2D eigenvalue weighted by atomic mass is 10.0. The van der Waals surface area contributed by atoms with Crippen LogP contribution in [0.3, 0.4) is 0 Å². The van der Waals surface area contributed by atoms with Crippen molar-refractivity contribution in [3.05, 3.63) is 101 Å². The van der Waals surface area contributed by atoms with Gasteiger partial charge in [0.2, 0.25) is 18.0 Å². The second kappa shape index (κ2) is 10.5. The molecule has 0 radical (unpaired) electrons. The van der Waals surface area contributed by atoms with Crippen molar-refractivity contribution in [2.75, 3.05) is 11.9 Å². The van der Waals surface area contributed by atoms with Crippen LogP contribution in [0.25, 0.3) is 0 Å². The fraction of sp³-hybridized carbons (Fsp3) is 0.185. The summed E-state index contributed by atoms with van der Waals surface area (Å²) in [6, 6.07) is 18.4. The molecule has 1 heterocycles. The molecule has 1 aliphatic rings. The molecule has 2 N–H and O–H groups in total. The van der Waals surface area contributed by atoms with Crippen molar-refractivity contribution in [3.8, 4) is 0 Å². The number of benzene rings is 3. The van der Waals surface area contributed by atoms with Crippen molar-refractivity contribution in [1.82, 2.24) is 10.6 Å². The van der Waals surface area contributed by atoms with Gasteiger partial charge in [0, 0.05) is 24.2 Å². The van der Waals surface area contributed by atoms with Gasteiger partial charge < -0.3 is 15.5 Å². The van der Waals surface area contributed by atoms with Crippen LogP contribution in [0.15, 0.2) is 77.8 Å². The van der Waals surface area contributed by atoms with E-state index >= 15 is 0 Å². The molecule has 4 rings (SSSR count). The summed E-state index contributed by atoms with van der Waals surface area (Å²) in [5, 5.41) is 5.10. The maximum atomic E-state index is 13.4. The maximum Gasteiger partial charge on any atom is 0.272 e. The smallest absolute Gasteiger partial charge is 0.272 e. The molecule has 7 nitrogen and oxygen atoms in total. The minimum atomic E-state index is -1.23. The highest BCUT2D eigenvalue weighted by Crippen LogP contribution is 2.27. The van der Waals surface area contributed by atoms with E-state index in [-0.39, 0.29) is 12.0 Å². The molecule has 3 aromatic carbocycles. The number of nitrogens with one attached hydrogen (secondary N) is 2. The number of benzodiazepines with no additional fused rings is 1. The molecule has 0 aliphatic carbocycles. The molecule has 0 aromatic heterocycles. The van der Waals surface area contributed by atoms with Gasteiger partial charge >= 0.3 is 0 Å². The van der Waals surface area contributed by atoms with Crippen LogP contribution in [-0.2, 0) is 20.8 Å². The number of likely N-dealkylation sites (N-methyl/N-ethyl adjacent to an activating group) is 1. The van der Waals surface area contributed by atoms with E-state index in [2.05, 4.69) is 15.6 Å². The molecule has 184 valence electrons. The third-order valence-electron chi connectivity index (χ3n) is 5.73. The van der Waals surface area contributed by atoms with E-state index in [9.17, 15) is 23.2 Å². The minimum Gasteiger partial charge on any atom is -0.344 e. The van der Waals surface area contributed by atoms with Crippen molar-refractivity contribution < 1.29 is 23.2 Å². The minimum absolute atomic E-state index is 0.132. The summed E-state index contributed by atoms with van der Waals surface area (Å²) < 4.78 is 26.8. The number of hydrogen-bond acceptors (Lipinski definition) is 4. The molecular formula is C27H24F2N4O3. The first-order chi connectivity index (χ1) is 17.2. The number of para-hydroxylation sites is 1. The zero-order chi connectivity index (χ0) is 25.8. The van der Waals surface area contributed by atoms with Crippen molar-refractivity contribution in [3.63, 3.8) is 0 Å². The summed E-state index contributed by atoms with van der Waals surface area (Å²) in [6.07, 6.45) is -1.55. The zero-order valence-corrected chi connectivity index (χ0v) is 19.7. The van der Waals surface area contributed by atoms with Gasteiger partial charge in [0.05, 0.1) is 17.8 Å². The fourth-order valence-electron chi connectivity index (χ4n) is 3.96. The maximum absolute atomic E-state index is 13.4. The summed E-state index contributed by atoms with van der Waals surface area (Å²) in [4.78, 5) is 44.5. The van der Waals surface area contributed by atoms with Crippen LogP contribution in [0.2, 0.25) is 0 Å². The average molecular weight is 491 g/mol. The average Bonchev–Trinajstić information content (AvgIpc) is 2.94. The second-order valence-corrected chi connectivity index (χ2v) is 8.41. The topological polar surface area (TPSA) is 90.9 Å². The predicted octanol–water partition coefficient (Wildman–Crippen LogP) is 2.97. The number of amides is 3. The van der Waals surface area contributed by atoms with E-state index in [0.717, 1.165) is 23.3 Å². The van der Waals surface area contributed by atoms with Crippen molar-refractivity contribution >= 4 is 29.1 Å². The van der Waals surface area contributed by atoms with E-state index in [1.54, 1.807) is 13.1 Å². The number of anilines is 1. The monoisotopic (exact) mass is 490 g/mol. The number of aliphatic imine (C=N–C) groups is 1. The van der Waals surface area contributed by atoms with E-state index in [1.165, 1.54) is 11.8 Å². The first-order valence-corrected chi connectivity index (χ1v) is 11.3. The third-order valence-corrected chi connectivity index (χ3v) is 5.73. The number of hydrogen-bond donors (Lipinski definition) is 2. The van der Waals surface area contributed by atoms with Gasteiger partial charge in [0.15, 0.2) is 0 Å². The van der Waals surface area contributed by atoms with Gasteiger partial charge in [-0.3, -0.25) is 14.4 Å². The van der Waals surface area contributed by atoms with Crippen molar-refractivity contribution in [2.24, 2.45) is 4.99 Å². The molecule has 2 atom stereocenters. The van der Waals surface area contributed by atoms with Crippen LogP contribution >= 0.6 is 0 Å². The molecule has 0 fully saturated rings. The molecule has 3 aromatic rings. The summed E-state index contributed by atoms with van der Waals surface area (Å²) in [5.74, 6) is -3.29. The molecule has 0 unspecified atom stereocenters. The number of nitrogens with zero attached hydrogens (tertiary/aromatic N) is 2. The highest BCUT2D eigenvalue weighted by Gasteiger charge is 2.32. The fourth-order valence-corrected chi connectivity index (χ4v) is 3.96. The molecule has 0 saturated heterocycles. The Balaban J connectivity index is 1.53. The van der Waals surface area contributed by atoms with E-state index < -0.39 is 41.6 Å². The van der Waals surface area contributed by atoms with Crippen molar-refractivity contribution in [2.45, 2.75) is 25.6 Å². The van der Waals surface area contributed by atoms with Gasteiger partial charge in [-0.2, -0.15) is 0 Å². The largest absolute Gasteiger partial charge is 0.344 e. The highest BCUT2D eigenvalue weighted by atomic mass is 19.1. The lowest BCUT2D eigenvalue weighted by Gasteiger charge is -2.22. The van der Waals surface area contributed by atoms with Crippen molar-refractivity contribution in [1.29, 1.82) is 0 Å². The van der Waals surface area contributed by atoms with E-state index in [1.807, 2.05) is 48.5 Å². The standard InChI is InChI=1S/C27H24F2N4O3/c1-16(30-23(34)14-17-12-19(28)15-20(29)13-17)26(35)32-25-27(36)33(2)22-11-7-6-10-21(22)24(31-25)18-8-4-3-5-9-18/h3-13,15-16,25H,14H2,1-2H3,(H,30,34)(H,32,35)/t16-,25-/m0/s1. The lowest BCUT2D eigenvalue weighted by molar-refractivity contribution is -0.130. The Bertz CT molecular complexity index is 1320. The van der Waals surface area contributed by atoms with E-state index in [4.69, 9.17) is 0 Å². The van der Waals surface area contributed by atoms with Gasteiger partial charge in [-0.05, 0) is 30.7 Å². The molecular weight excluding hydrogens is 466 g/mol. The predicted molar refractivity (Wildman–Crippen MR) is 132 cm³/mol. The third kappa shape index (κ3) is 5.46. The van der Waals surface area contributed by atoms with Gasteiger partial charge in [0.1, 0.15) is 17.7 Å². The summed E-state index contributed by atoms with van der Waals surface area (Å²) in [7, 11) is 1.60. The molecule has 0 bridgehead atoms. The number of rotatable bonds is 6. The zero-order valence-electron chi connectivity index (χ0n) is 19.7. The number of carbonyl (C=O) groups excluding carboxylic acids is 3. The Kier molecular flexibility index (Phi) is 7.19. The van der Waals surface area contributed by atoms with Gasteiger partial charge in [-0.15, -0.1) is 0 Å². The summed E-state index contributed by atoms with van der Waals surface area (Å²) in [6.45, 7) is 1.45. The Morgan fingerprint density at radius 1 is 1.00 bits per heavy atom. The van der Waals surface area contributed by atoms with Crippen LogP contribution in [-0.4, -0.2) is 42.7 Å². The number of carbonyl (C=O) groups is 3. The lowest BCUT2D eigenvalue weighted by Crippen LogP contribution is -2.52. The molecule has 3 amide bonds. The van der Waals surface area contributed by atoms with Gasteiger partial charge in [-0.1, -0.05) is 48.5 Å².